The molecule has 27 heavy (non-hydrogen) atoms. The molecule has 0 radical (unpaired) electrons. The van der Waals surface area contributed by atoms with Crippen LogP contribution in [0.3, 0.4) is 0 Å². The lowest BCUT2D eigenvalue weighted by Gasteiger charge is -2.35. The van der Waals surface area contributed by atoms with Crippen LogP contribution in [0.5, 0.6) is 0 Å². The second-order valence-corrected chi connectivity index (χ2v) is 10.2. The molecule has 0 aliphatic carbocycles. The number of hydrogen-bond acceptors (Lipinski definition) is 5. The summed E-state index contributed by atoms with van der Waals surface area (Å²) < 4.78 is 25.3. The van der Waals surface area contributed by atoms with E-state index >= 15 is 0 Å². The number of hydrogen-bond donors (Lipinski definition) is 1. The summed E-state index contributed by atoms with van der Waals surface area (Å²) in [4.78, 5) is 19.5. The molecule has 1 aliphatic rings. The number of nitrogens with one attached hydrogen (secondary N) is 1. The highest BCUT2D eigenvalue weighted by Gasteiger charge is 2.29. The van der Waals surface area contributed by atoms with Crippen molar-refractivity contribution in [2.75, 3.05) is 31.7 Å². The van der Waals surface area contributed by atoms with E-state index in [1.807, 2.05) is 18.2 Å². The Morgan fingerprint density at radius 1 is 1.30 bits per heavy atom. The Balaban J connectivity index is 1.57. The van der Waals surface area contributed by atoms with E-state index in [0.717, 1.165) is 10.6 Å². The molecule has 0 spiro atoms. The summed E-state index contributed by atoms with van der Waals surface area (Å²) in [7, 11) is -1.44. The number of piperidine rings is 1. The SMILES string of the molecule is CN(C(=O)Nc1ccc(-c2ccc(Cl)s2)nc1)C1CCN(S(C)(=O)=O)CC1. The third-order valence-corrected chi connectivity index (χ3v) is 7.16. The van der Waals surface area contributed by atoms with Crippen LogP contribution in [0.15, 0.2) is 30.5 Å². The average Bonchev–Trinajstić information content (AvgIpc) is 3.07. The van der Waals surface area contributed by atoms with Crippen LogP contribution in [0.2, 0.25) is 4.34 Å². The van der Waals surface area contributed by atoms with Gasteiger partial charge in [0.1, 0.15) is 0 Å². The van der Waals surface area contributed by atoms with Gasteiger partial charge >= 0.3 is 6.03 Å². The molecule has 2 amide bonds. The lowest BCUT2D eigenvalue weighted by molar-refractivity contribution is 0.174. The van der Waals surface area contributed by atoms with E-state index in [1.54, 1.807) is 24.2 Å². The highest BCUT2D eigenvalue weighted by atomic mass is 35.5. The van der Waals surface area contributed by atoms with Crippen molar-refractivity contribution in [3.05, 3.63) is 34.8 Å². The summed E-state index contributed by atoms with van der Waals surface area (Å²) in [5.74, 6) is 0. The summed E-state index contributed by atoms with van der Waals surface area (Å²) in [6.45, 7) is 0.863. The van der Waals surface area contributed by atoms with Crippen LogP contribution < -0.4 is 5.32 Å². The Morgan fingerprint density at radius 2 is 2.00 bits per heavy atom. The van der Waals surface area contributed by atoms with E-state index in [-0.39, 0.29) is 12.1 Å². The number of carbonyl (C=O) groups is 1. The molecule has 146 valence electrons. The van der Waals surface area contributed by atoms with Crippen molar-refractivity contribution < 1.29 is 13.2 Å². The molecule has 1 N–H and O–H groups in total. The van der Waals surface area contributed by atoms with Gasteiger partial charge in [0.05, 0.1) is 33.0 Å². The third-order valence-electron chi connectivity index (χ3n) is 4.60. The number of aromatic nitrogens is 1. The van der Waals surface area contributed by atoms with Gasteiger partial charge in [-0.1, -0.05) is 11.6 Å². The lowest BCUT2D eigenvalue weighted by atomic mass is 10.1. The molecule has 0 saturated carbocycles. The second kappa shape index (κ2) is 8.14. The molecule has 1 saturated heterocycles. The van der Waals surface area contributed by atoms with Gasteiger partial charge in [-0.25, -0.2) is 17.5 Å². The van der Waals surface area contributed by atoms with Crippen LogP contribution in [0, 0.1) is 0 Å². The number of pyridine rings is 1. The van der Waals surface area contributed by atoms with Crippen LogP contribution in [-0.4, -0.2) is 61.1 Å². The van der Waals surface area contributed by atoms with Crippen molar-refractivity contribution >= 4 is 44.7 Å². The molecule has 0 unspecified atom stereocenters. The van der Waals surface area contributed by atoms with Crippen molar-refractivity contribution in [1.29, 1.82) is 0 Å². The second-order valence-electron chi connectivity index (χ2n) is 6.47. The first-order chi connectivity index (χ1) is 12.7. The van der Waals surface area contributed by atoms with E-state index in [2.05, 4.69) is 10.3 Å². The van der Waals surface area contributed by atoms with Gasteiger partial charge in [-0.2, -0.15) is 0 Å². The van der Waals surface area contributed by atoms with Gasteiger partial charge in [0.25, 0.3) is 0 Å². The smallest absolute Gasteiger partial charge is 0.321 e. The first-order valence-corrected chi connectivity index (χ1v) is 11.5. The van der Waals surface area contributed by atoms with E-state index in [4.69, 9.17) is 11.6 Å². The van der Waals surface area contributed by atoms with E-state index in [1.165, 1.54) is 21.9 Å². The van der Waals surface area contributed by atoms with Gasteiger partial charge < -0.3 is 10.2 Å². The summed E-state index contributed by atoms with van der Waals surface area (Å²) in [5.41, 5.74) is 1.40. The number of halogens is 1. The maximum Gasteiger partial charge on any atom is 0.321 e. The fourth-order valence-corrected chi connectivity index (χ4v) is 4.90. The molecule has 1 fully saturated rings. The van der Waals surface area contributed by atoms with Crippen LogP contribution in [0.25, 0.3) is 10.6 Å². The van der Waals surface area contributed by atoms with Gasteiger partial charge in [0.2, 0.25) is 10.0 Å². The molecule has 0 bridgehead atoms. The molecule has 2 aromatic rings. The fraction of sp³-hybridized carbons (Fsp3) is 0.412. The molecule has 3 rings (SSSR count). The molecule has 0 atom stereocenters. The zero-order chi connectivity index (χ0) is 19.6. The normalized spacial score (nSPS) is 16.3. The highest BCUT2D eigenvalue weighted by molar-refractivity contribution is 7.88. The van der Waals surface area contributed by atoms with E-state index in [0.29, 0.717) is 36.0 Å². The molecule has 10 heteroatoms. The zero-order valence-corrected chi connectivity index (χ0v) is 17.4. The molecule has 1 aliphatic heterocycles. The number of amides is 2. The number of anilines is 1. The van der Waals surface area contributed by atoms with E-state index < -0.39 is 10.0 Å². The Hall–Kier alpha value is -1.68. The van der Waals surface area contributed by atoms with Crippen LogP contribution in [0.1, 0.15) is 12.8 Å². The quantitative estimate of drug-likeness (QED) is 0.809. The van der Waals surface area contributed by atoms with Crippen LogP contribution in [-0.2, 0) is 10.0 Å². The Bertz CT molecular complexity index is 907. The van der Waals surface area contributed by atoms with Crippen molar-refractivity contribution in [3.63, 3.8) is 0 Å². The summed E-state index contributed by atoms with van der Waals surface area (Å²) in [6, 6.07) is 7.13. The Morgan fingerprint density at radius 3 is 2.52 bits per heavy atom. The van der Waals surface area contributed by atoms with Gasteiger partial charge in [0.15, 0.2) is 0 Å². The molecule has 3 heterocycles. The van der Waals surface area contributed by atoms with Crippen molar-refractivity contribution in [3.8, 4) is 10.6 Å². The lowest BCUT2D eigenvalue weighted by Crippen LogP contribution is -2.48. The summed E-state index contributed by atoms with van der Waals surface area (Å²) in [6.07, 6.45) is 4.06. The molecular weight excluding hydrogens is 408 g/mol. The van der Waals surface area contributed by atoms with Crippen LogP contribution >= 0.6 is 22.9 Å². The minimum absolute atomic E-state index is 0.00323. The predicted octanol–water partition coefficient (Wildman–Crippen LogP) is 3.35. The van der Waals surface area contributed by atoms with Gasteiger partial charge in [-0.15, -0.1) is 11.3 Å². The number of carbonyl (C=O) groups excluding carboxylic acids is 1. The molecular formula is C17H21ClN4O3S2. The minimum Gasteiger partial charge on any atom is -0.325 e. The van der Waals surface area contributed by atoms with E-state index in [9.17, 15) is 13.2 Å². The number of urea groups is 1. The monoisotopic (exact) mass is 428 g/mol. The standard InChI is InChI=1S/C17H21ClN4O3S2/c1-21(13-7-9-22(10-8-13)27(2,24)25)17(23)20-12-3-4-14(19-11-12)15-5-6-16(18)26-15/h3-6,11,13H,7-10H2,1-2H3,(H,20,23). The number of thiophene rings is 1. The zero-order valence-electron chi connectivity index (χ0n) is 15.1. The topological polar surface area (TPSA) is 82.6 Å². The number of nitrogens with zero attached hydrogens (tertiary/aromatic N) is 3. The molecule has 0 aromatic carbocycles. The first kappa shape index (κ1) is 20.1. The number of sulfonamides is 1. The van der Waals surface area contributed by atoms with Gasteiger partial charge in [-0.05, 0) is 37.1 Å². The van der Waals surface area contributed by atoms with Crippen molar-refractivity contribution in [2.45, 2.75) is 18.9 Å². The van der Waals surface area contributed by atoms with Gasteiger partial charge in [0, 0.05) is 26.2 Å². The van der Waals surface area contributed by atoms with Crippen LogP contribution in [0.4, 0.5) is 10.5 Å². The minimum atomic E-state index is -3.17. The first-order valence-electron chi connectivity index (χ1n) is 8.45. The molecule has 7 nitrogen and oxygen atoms in total. The van der Waals surface area contributed by atoms with Crippen molar-refractivity contribution in [2.24, 2.45) is 0 Å². The Labute approximate surface area is 168 Å². The maximum atomic E-state index is 12.5. The average molecular weight is 429 g/mol. The van der Waals surface area contributed by atoms with Gasteiger partial charge in [-0.3, -0.25) is 4.98 Å². The largest absolute Gasteiger partial charge is 0.325 e. The number of rotatable bonds is 4. The summed E-state index contributed by atoms with van der Waals surface area (Å²) in [5, 5.41) is 2.83. The maximum absolute atomic E-state index is 12.5. The Kier molecular flexibility index (Phi) is 6.05. The third kappa shape index (κ3) is 4.98. The molecule has 2 aromatic heterocycles. The predicted molar refractivity (Wildman–Crippen MR) is 109 cm³/mol. The fourth-order valence-electron chi connectivity index (χ4n) is 3.00. The van der Waals surface area contributed by atoms with Crippen molar-refractivity contribution in [1.82, 2.24) is 14.2 Å². The summed E-state index contributed by atoms with van der Waals surface area (Å²) >= 11 is 7.39. The highest BCUT2D eigenvalue weighted by Crippen LogP contribution is 2.30.